The number of hydrogen-bond acceptors (Lipinski definition) is 5. The van der Waals surface area contributed by atoms with E-state index >= 15 is 0 Å². The highest BCUT2D eigenvalue weighted by molar-refractivity contribution is 5.90. The van der Waals surface area contributed by atoms with Crippen molar-refractivity contribution in [1.29, 1.82) is 0 Å². The van der Waals surface area contributed by atoms with Crippen LogP contribution in [0.4, 0.5) is 16.2 Å². The van der Waals surface area contributed by atoms with Gasteiger partial charge in [-0.2, -0.15) is 4.98 Å². The predicted octanol–water partition coefficient (Wildman–Crippen LogP) is 2.31. The molecule has 0 spiro atoms. The van der Waals surface area contributed by atoms with Crippen LogP contribution in [0.25, 0.3) is 10.9 Å². The van der Waals surface area contributed by atoms with Crippen LogP contribution < -0.4 is 11.1 Å². The average Bonchev–Trinajstić information content (AvgIpc) is 2.44. The monoisotopic (exact) mass is 278 g/mol. The zero-order valence-electron chi connectivity index (χ0n) is 11.4. The van der Waals surface area contributed by atoms with E-state index in [1.54, 1.807) is 12.1 Å². The lowest BCUT2D eigenvalue weighted by molar-refractivity contribution is 0.267. The topological polar surface area (TPSA) is 84.1 Å². The van der Waals surface area contributed by atoms with Gasteiger partial charge in [0.25, 0.3) is 0 Å². The van der Waals surface area contributed by atoms with Crippen molar-refractivity contribution in [3.63, 3.8) is 0 Å². The second-order valence-electron chi connectivity index (χ2n) is 4.73. The molecule has 0 fully saturated rings. The number of nitrogens with two attached hydrogens (primary N) is 1. The number of halogens is 1. The number of fused-ring (bicyclic) bond motifs is 1. The molecule has 0 amide bonds. The standard InChI is InChI=1S/C14H19FN4O/c1-2-3-5-9(8-20)17-13-10-6-4-7-11(15)12(10)18-14(16)19-13/h4,6-7,9,20H,2-3,5,8H2,1H3,(H3,16,17,18,19)/t9-/m1/s1. The molecule has 2 aromatic rings. The summed E-state index contributed by atoms with van der Waals surface area (Å²) in [7, 11) is 0. The first-order valence-corrected chi connectivity index (χ1v) is 6.74. The zero-order valence-corrected chi connectivity index (χ0v) is 11.4. The Labute approximate surface area is 117 Å². The highest BCUT2D eigenvalue weighted by Crippen LogP contribution is 2.24. The van der Waals surface area contributed by atoms with E-state index in [0.29, 0.717) is 11.2 Å². The molecule has 0 aliphatic heterocycles. The van der Waals surface area contributed by atoms with Gasteiger partial charge in [0.1, 0.15) is 17.2 Å². The van der Waals surface area contributed by atoms with Crippen LogP contribution in [-0.2, 0) is 0 Å². The molecule has 0 radical (unpaired) electrons. The largest absolute Gasteiger partial charge is 0.394 e. The maximum Gasteiger partial charge on any atom is 0.222 e. The predicted molar refractivity (Wildman–Crippen MR) is 77.9 cm³/mol. The molecule has 1 aromatic heterocycles. The van der Waals surface area contributed by atoms with Crippen molar-refractivity contribution in [2.45, 2.75) is 32.2 Å². The third kappa shape index (κ3) is 3.14. The first-order valence-electron chi connectivity index (χ1n) is 6.74. The number of nitrogen functional groups attached to an aromatic ring is 1. The number of aromatic nitrogens is 2. The minimum atomic E-state index is -0.436. The summed E-state index contributed by atoms with van der Waals surface area (Å²) in [5, 5.41) is 13.1. The van der Waals surface area contributed by atoms with Crippen molar-refractivity contribution in [2.24, 2.45) is 0 Å². The molecule has 0 saturated heterocycles. The smallest absolute Gasteiger partial charge is 0.222 e. The Kier molecular flexibility index (Phi) is 4.68. The maximum absolute atomic E-state index is 13.7. The Morgan fingerprint density at radius 1 is 1.40 bits per heavy atom. The third-order valence-electron chi connectivity index (χ3n) is 3.16. The molecule has 108 valence electrons. The van der Waals surface area contributed by atoms with Crippen LogP contribution in [0.5, 0.6) is 0 Å². The number of anilines is 2. The van der Waals surface area contributed by atoms with Gasteiger partial charge in [-0.3, -0.25) is 0 Å². The minimum Gasteiger partial charge on any atom is -0.394 e. The van der Waals surface area contributed by atoms with E-state index in [0.717, 1.165) is 19.3 Å². The Morgan fingerprint density at radius 2 is 2.20 bits per heavy atom. The Balaban J connectivity index is 2.35. The van der Waals surface area contributed by atoms with Crippen LogP contribution in [0, 0.1) is 5.82 Å². The number of rotatable bonds is 6. The molecular weight excluding hydrogens is 259 g/mol. The van der Waals surface area contributed by atoms with Crippen molar-refractivity contribution in [2.75, 3.05) is 17.7 Å². The van der Waals surface area contributed by atoms with Gasteiger partial charge in [0.15, 0.2) is 0 Å². The highest BCUT2D eigenvalue weighted by Gasteiger charge is 2.13. The van der Waals surface area contributed by atoms with Gasteiger partial charge in [-0.25, -0.2) is 9.37 Å². The van der Waals surface area contributed by atoms with Gasteiger partial charge >= 0.3 is 0 Å². The fraction of sp³-hybridized carbons (Fsp3) is 0.429. The van der Waals surface area contributed by atoms with Crippen LogP contribution in [0.2, 0.25) is 0 Å². The van der Waals surface area contributed by atoms with E-state index < -0.39 is 5.82 Å². The van der Waals surface area contributed by atoms with E-state index in [-0.39, 0.29) is 24.1 Å². The van der Waals surface area contributed by atoms with Gasteiger partial charge in [-0.15, -0.1) is 0 Å². The van der Waals surface area contributed by atoms with E-state index in [9.17, 15) is 9.50 Å². The Bertz CT molecular complexity index is 591. The number of hydrogen-bond donors (Lipinski definition) is 3. The summed E-state index contributed by atoms with van der Waals surface area (Å²) in [6.07, 6.45) is 2.85. The summed E-state index contributed by atoms with van der Waals surface area (Å²) in [5.41, 5.74) is 5.81. The molecule has 0 aliphatic carbocycles. The van der Waals surface area contributed by atoms with Gasteiger partial charge < -0.3 is 16.2 Å². The molecule has 0 unspecified atom stereocenters. The molecule has 0 aliphatic rings. The quantitative estimate of drug-likeness (QED) is 0.755. The Hall–Kier alpha value is -1.95. The Morgan fingerprint density at radius 3 is 2.90 bits per heavy atom. The first-order chi connectivity index (χ1) is 9.65. The van der Waals surface area contributed by atoms with E-state index in [4.69, 9.17) is 5.73 Å². The van der Waals surface area contributed by atoms with Crippen molar-refractivity contribution in [3.8, 4) is 0 Å². The normalized spacial score (nSPS) is 12.6. The molecule has 1 aromatic carbocycles. The molecule has 0 bridgehead atoms. The number of benzene rings is 1. The van der Waals surface area contributed by atoms with Gasteiger partial charge in [0, 0.05) is 5.39 Å². The number of para-hydroxylation sites is 1. The second kappa shape index (κ2) is 6.47. The molecule has 1 atom stereocenters. The molecule has 6 heteroatoms. The summed E-state index contributed by atoms with van der Waals surface area (Å²) in [4.78, 5) is 8.04. The summed E-state index contributed by atoms with van der Waals surface area (Å²) in [5.74, 6) is 0.0354. The van der Waals surface area contributed by atoms with Gasteiger partial charge in [0.05, 0.1) is 12.6 Å². The van der Waals surface area contributed by atoms with E-state index in [2.05, 4.69) is 22.2 Å². The highest BCUT2D eigenvalue weighted by atomic mass is 19.1. The number of aliphatic hydroxyl groups excluding tert-OH is 1. The molecule has 0 saturated carbocycles. The minimum absolute atomic E-state index is 0.0114. The van der Waals surface area contributed by atoms with Crippen molar-refractivity contribution < 1.29 is 9.50 Å². The first kappa shape index (κ1) is 14.5. The van der Waals surface area contributed by atoms with E-state index in [1.807, 2.05) is 0 Å². The summed E-state index contributed by atoms with van der Waals surface area (Å²) >= 11 is 0. The van der Waals surface area contributed by atoms with Crippen LogP contribution in [0.3, 0.4) is 0 Å². The third-order valence-corrected chi connectivity index (χ3v) is 3.16. The maximum atomic E-state index is 13.7. The molecule has 1 heterocycles. The van der Waals surface area contributed by atoms with Crippen LogP contribution in [0.15, 0.2) is 18.2 Å². The fourth-order valence-electron chi connectivity index (χ4n) is 2.10. The number of nitrogens with one attached hydrogen (secondary N) is 1. The SMILES string of the molecule is CCCC[C@H](CO)Nc1nc(N)nc2c(F)cccc12. The van der Waals surface area contributed by atoms with Crippen molar-refractivity contribution in [3.05, 3.63) is 24.0 Å². The van der Waals surface area contributed by atoms with Crippen molar-refractivity contribution in [1.82, 2.24) is 9.97 Å². The number of nitrogens with zero attached hydrogens (tertiary/aromatic N) is 2. The lowest BCUT2D eigenvalue weighted by Crippen LogP contribution is -2.24. The molecular formula is C14H19FN4O. The summed E-state index contributed by atoms with van der Waals surface area (Å²) in [6.45, 7) is 2.07. The number of unbranched alkanes of at least 4 members (excludes halogenated alkanes) is 1. The molecule has 20 heavy (non-hydrogen) atoms. The average molecular weight is 278 g/mol. The molecule has 2 rings (SSSR count). The van der Waals surface area contributed by atoms with Gasteiger partial charge in [-0.05, 0) is 18.6 Å². The van der Waals surface area contributed by atoms with Gasteiger partial charge in [-0.1, -0.05) is 25.8 Å². The summed E-state index contributed by atoms with van der Waals surface area (Å²) in [6, 6.07) is 4.53. The zero-order chi connectivity index (χ0) is 14.5. The van der Waals surface area contributed by atoms with Crippen LogP contribution in [-0.4, -0.2) is 27.7 Å². The second-order valence-corrected chi connectivity index (χ2v) is 4.73. The van der Waals surface area contributed by atoms with Crippen LogP contribution in [0.1, 0.15) is 26.2 Å². The summed E-state index contributed by atoms with van der Waals surface area (Å²) < 4.78 is 13.7. The number of aliphatic hydroxyl groups is 1. The van der Waals surface area contributed by atoms with Crippen molar-refractivity contribution >= 4 is 22.7 Å². The molecule has 4 N–H and O–H groups in total. The van der Waals surface area contributed by atoms with Crippen LogP contribution >= 0.6 is 0 Å². The van der Waals surface area contributed by atoms with Gasteiger partial charge in [0.2, 0.25) is 5.95 Å². The lowest BCUT2D eigenvalue weighted by Gasteiger charge is -2.18. The van der Waals surface area contributed by atoms with E-state index in [1.165, 1.54) is 6.07 Å². The molecule has 5 nitrogen and oxygen atoms in total. The fourth-order valence-corrected chi connectivity index (χ4v) is 2.10. The lowest BCUT2D eigenvalue weighted by atomic mass is 10.1.